The van der Waals surface area contributed by atoms with Crippen LogP contribution in [0.15, 0.2) is 42.5 Å². The molecule has 0 radical (unpaired) electrons. The van der Waals surface area contributed by atoms with Crippen LogP contribution in [0, 0.1) is 25.7 Å². The Labute approximate surface area is 115 Å². The molecule has 1 nitrogen and oxygen atoms in total. The fourth-order valence-electron chi connectivity index (χ4n) is 2.11. The minimum Gasteiger partial charge on any atom is -0.330 e. The molecule has 0 aliphatic carbocycles. The molecule has 2 N–H and O–H groups in total. The molecule has 96 valence electrons. The third-order valence-corrected chi connectivity index (χ3v) is 2.94. The van der Waals surface area contributed by atoms with Crippen molar-refractivity contribution < 1.29 is 0 Å². The summed E-state index contributed by atoms with van der Waals surface area (Å²) in [5.74, 6) is 6.45. The van der Waals surface area contributed by atoms with Crippen LogP contribution in [-0.2, 0) is 6.42 Å². The van der Waals surface area contributed by atoms with E-state index in [1.54, 1.807) is 0 Å². The van der Waals surface area contributed by atoms with Crippen LogP contribution in [0.2, 0.25) is 0 Å². The minimum absolute atomic E-state index is 0.675. The summed E-state index contributed by atoms with van der Waals surface area (Å²) in [6, 6.07) is 14.7. The van der Waals surface area contributed by atoms with E-state index in [-0.39, 0.29) is 0 Å². The molecule has 19 heavy (non-hydrogen) atoms. The van der Waals surface area contributed by atoms with Gasteiger partial charge < -0.3 is 5.73 Å². The van der Waals surface area contributed by atoms with Gasteiger partial charge in [-0.3, -0.25) is 0 Å². The summed E-state index contributed by atoms with van der Waals surface area (Å²) in [5.41, 5.74) is 11.5. The second-order valence-electron chi connectivity index (χ2n) is 4.87. The number of aryl methyl sites for hydroxylation is 2. The van der Waals surface area contributed by atoms with E-state index in [0.29, 0.717) is 6.54 Å². The summed E-state index contributed by atoms with van der Waals surface area (Å²) in [6.07, 6.45) is 0.904. The maximum atomic E-state index is 5.61. The Morgan fingerprint density at radius 3 is 2.37 bits per heavy atom. The van der Waals surface area contributed by atoms with Gasteiger partial charge in [0.25, 0.3) is 0 Å². The van der Waals surface area contributed by atoms with Crippen LogP contribution in [-0.4, -0.2) is 6.54 Å². The molecule has 0 unspecified atom stereocenters. The van der Waals surface area contributed by atoms with Gasteiger partial charge in [-0.1, -0.05) is 30.0 Å². The molecule has 2 aromatic carbocycles. The maximum absolute atomic E-state index is 5.61. The van der Waals surface area contributed by atoms with Crippen molar-refractivity contribution in [2.75, 3.05) is 6.54 Å². The Kier molecular flexibility index (Phi) is 4.39. The third-order valence-electron chi connectivity index (χ3n) is 2.94. The van der Waals surface area contributed by atoms with Gasteiger partial charge in [-0.2, -0.15) is 0 Å². The van der Waals surface area contributed by atoms with Crippen LogP contribution in [0.25, 0.3) is 0 Å². The van der Waals surface area contributed by atoms with Crippen molar-refractivity contribution in [3.05, 3.63) is 70.3 Å². The van der Waals surface area contributed by atoms with E-state index in [0.717, 1.165) is 17.5 Å². The Balaban J connectivity index is 2.28. The average Bonchev–Trinajstić information content (AvgIpc) is 2.36. The molecule has 0 aliphatic heterocycles. The lowest BCUT2D eigenvalue weighted by molar-refractivity contribution is 0.966. The van der Waals surface area contributed by atoms with Crippen LogP contribution in [0.3, 0.4) is 0 Å². The van der Waals surface area contributed by atoms with Crippen molar-refractivity contribution in [1.82, 2.24) is 0 Å². The van der Waals surface area contributed by atoms with Crippen LogP contribution >= 0.6 is 0 Å². The summed E-state index contributed by atoms with van der Waals surface area (Å²) in [6.45, 7) is 4.85. The number of hydrogen-bond donors (Lipinski definition) is 1. The smallest absolute Gasteiger partial charge is 0.0254 e. The van der Waals surface area contributed by atoms with Crippen LogP contribution in [0.1, 0.15) is 27.8 Å². The summed E-state index contributed by atoms with van der Waals surface area (Å²) in [7, 11) is 0. The van der Waals surface area contributed by atoms with Gasteiger partial charge in [-0.25, -0.2) is 0 Å². The van der Waals surface area contributed by atoms with Crippen molar-refractivity contribution in [1.29, 1.82) is 0 Å². The lowest BCUT2D eigenvalue weighted by Crippen LogP contribution is -2.03. The molecule has 2 aromatic rings. The van der Waals surface area contributed by atoms with Gasteiger partial charge >= 0.3 is 0 Å². The molecule has 0 spiro atoms. The Morgan fingerprint density at radius 2 is 1.63 bits per heavy atom. The SMILES string of the molecule is Cc1cccc(C#Cc2cc(C)cc(CCN)c2)c1. The zero-order valence-corrected chi connectivity index (χ0v) is 11.5. The van der Waals surface area contributed by atoms with Crippen LogP contribution in [0.5, 0.6) is 0 Å². The summed E-state index contributed by atoms with van der Waals surface area (Å²) in [5, 5.41) is 0. The monoisotopic (exact) mass is 249 g/mol. The highest BCUT2D eigenvalue weighted by Crippen LogP contribution is 2.10. The molecule has 0 aromatic heterocycles. The van der Waals surface area contributed by atoms with E-state index in [2.05, 4.69) is 56.0 Å². The standard InChI is InChI=1S/C18H19N/c1-14-4-3-5-16(10-14)6-7-17-11-15(2)12-18(13-17)8-9-19/h3-5,10-13H,8-9,19H2,1-2H3. The maximum Gasteiger partial charge on any atom is 0.0254 e. The molecule has 0 saturated heterocycles. The zero-order valence-electron chi connectivity index (χ0n) is 11.5. The van der Waals surface area contributed by atoms with Crippen molar-refractivity contribution >= 4 is 0 Å². The number of rotatable bonds is 2. The van der Waals surface area contributed by atoms with Gasteiger partial charge in [0.1, 0.15) is 0 Å². The predicted molar refractivity (Wildman–Crippen MR) is 81.1 cm³/mol. The van der Waals surface area contributed by atoms with Gasteiger partial charge in [-0.05, 0) is 67.8 Å². The van der Waals surface area contributed by atoms with E-state index >= 15 is 0 Å². The Bertz CT molecular complexity index is 630. The first-order valence-electron chi connectivity index (χ1n) is 6.57. The topological polar surface area (TPSA) is 26.0 Å². The first-order valence-corrected chi connectivity index (χ1v) is 6.57. The van der Waals surface area contributed by atoms with E-state index in [1.807, 2.05) is 12.1 Å². The largest absolute Gasteiger partial charge is 0.330 e. The van der Waals surface area contributed by atoms with Gasteiger partial charge in [0, 0.05) is 11.1 Å². The highest BCUT2D eigenvalue weighted by Gasteiger charge is 1.96. The number of nitrogens with two attached hydrogens (primary N) is 1. The molecule has 1 heteroatoms. The molecule has 0 fully saturated rings. The quantitative estimate of drug-likeness (QED) is 0.813. The summed E-state index contributed by atoms with van der Waals surface area (Å²) >= 11 is 0. The van der Waals surface area contributed by atoms with Gasteiger partial charge in [0.2, 0.25) is 0 Å². The van der Waals surface area contributed by atoms with E-state index in [9.17, 15) is 0 Å². The highest BCUT2D eigenvalue weighted by molar-refractivity contribution is 5.46. The lowest BCUT2D eigenvalue weighted by Gasteiger charge is -2.02. The molecule has 0 aliphatic rings. The second kappa shape index (κ2) is 6.22. The zero-order chi connectivity index (χ0) is 13.7. The molecule has 0 bridgehead atoms. The summed E-state index contributed by atoms with van der Waals surface area (Å²) in [4.78, 5) is 0. The minimum atomic E-state index is 0.675. The van der Waals surface area contributed by atoms with Crippen molar-refractivity contribution in [2.24, 2.45) is 5.73 Å². The predicted octanol–water partition coefficient (Wildman–Crippen LogP) is 3.20. The first kappa shape index (κ1) is 13.4. The molecular formula is C18H19N. The molecule has 0 saturated carbocycles. The fourth-order valence-corrected chi connectivity index (χ4v) is 2.11. The fraction of sp³-hybridized carbons (Fsp3) is 0.222. The highest BCUT2D eigenvalue weighted by atomic mass is 14.5. The van der Waals surface area contributed by atoms with Gasteiger partial charge in [-0.15, -0.1) is 0 Å². The van der Waals surface area contributed by atoms with E-state index in [1.165, 1.54) is 16.7 Å². The van der Waals surface area contributed by atoms with Crippen molar-refractivity contribution in [3.63, 3.8) is 0 Å². The number of benzene rings is 2. The number of hydrogen-bond acceptors (Lipinski definition) is 1. The van der Waals surface area contributed by atoms with Crippen molar-refractivity contribution in [2.45, 2.75) is 20.3 Å². The first-order chi connectivity index (χ1) is 9.17. The molecular weight excluding hydrogens is 230 g/mol. The molecule has 0 atom stereocenters. The molecule has 0 amide bonds. The normalized spacial score (nSPS) is 9.84. The molecule has 2 rings (SSSR count). The van der Waals surface area contributed by atoms with E-state index < -0.39 is 0 Å². The Hall–Kier alpha value is -2.04. The average molecular weight is 249 g/mol. The van der Waals surface area contributed by atoms with Crippen LogP contribution in [0.4, 0.5) is 0 Å². The van der Waals surface area contributed by atoms with Crippen molar-refractivity contribution in [3.8, 4) is 11.8 Å². The third kappa shape index (κ3) is 3.98. The second-order valence-corrected chi connectivity index (χ2v) is 4.87. The van der Waals surface area contributed by atoms with Gasteiger partial charge in [0.05, 0.1) is 0 Å². The lowest BCUT2D eigenvalue weighted by atomic mass is 10.0. The van der Waals surface area contributed by atoms with Gasteiger partial charge in [0.15, 0.2) is 0 Å². The summed E-state index contributed by atoms with van der Waals surface area (Å²) < 4.78 is 0. The Morgan fingerprint density at radius 1 is 0.895 bits per heavy atom. The molecule has 0 heterocycles. The van der Waals surface area contributed by atoms with Crippen LogP contribution < -0.4 is 5.73 Å². The van der Waals surface area contributed by atoms with E-state index in [4.69, 9.17) is 5.73 Å².